The van der Waals surface area contributed by atoms with Crippen LogP contribution in [0.1, 0.15) is 70.0 Å². The summed E-state index contributed by atoms with van der Waals surface area (Å²) in [6.45, 7) is 11.0. The molecular formula is C34H37F3N2O7S3. The minimum Gasteiger partial charge on any atom is -0.480 e. The standard InChI is InChI=1S/C22H26N2O3S2.C12H11F3O4S/c1-14-18(21(2,3)4)28-20(23-14)24-19(25)22(5,6)29(26,27)17-12-11-15-9-7-8-10-16(15)13-17;13-12(14,15)8-2-4-9(5-3-8)20(18,19)11(10(16)17)6-1-7-11/h7-13H,1-6H3,(H,23,24,25);2-5H,1,6-7H2,(H,16,17). The Morgan fingerprint density at radius 3 is 1.88 bits per heavy atom. The van der Waals surface area contributed by atoms with Gasteiger partial charge >= 0.3 is 12.1 Å². The number of halogens is 3. The van der Waals surface area contributed by atoms with Crippen LogP contribution in [0.4, 0.5) is 18.3 Å². The van der Waals surface area contributed by atoms with Crippen molar-refractivity contribution < 1.29 is 44.7 Å². The van der Waals surface area contributed by atoms with Gasteiger partial charge in [0.2, 0.25) is 5.91 Å². The molecule has 5 rings (SSSR count). The number of nitrogens with zero attached hydrogens (tertiary/aromatic N) is 1. The van der Waals surface area contributed by atoms with Gasteiger partial charge in [-0.25, -0.2) is 21.8 Å². The number of nitrogens with one attached hydrogen (secondary N) is 1. The van der Waals surface area contributed by atoms with Crippen molar-refractivity contribution in [1.29, 1.82) is 0 Å². The predicted octanol–water partition coefficient (Wildman–Crippen LogP) is 7.58. The number of hydrogen-bond donors (Lipinski definition) is 2. The lowest BCUT2D eigenvalue weighted by Gasteiger charge is -2.36. The van der Waals surface area contributed by atoms with Crippen LogP contribution in [0.25, 0.3) is 10.8 Å². The summed E-state index contributed by atoms with van der Waals surface area (Å²) >= 11 is 1.38. The van der Waals surface area contributed by atoms with Gasteiger partial charge in [0.1, 0.15) is 4.75 Å². The Kier molecular flexibility index (Phi) is 10.2. The van der Waals surface area contributed by atoms with Gasteiger partial charge in [-0.2, -0.15) is 13.2 Å². The number of amides is 1. The van der Waals surface area contributed by atoms with Gasteiger partial charge in [-0.05, 0) is 92.6 Å². The molecule has 0 aliphatic heterocycles. The van der Waals surface area contributed by atoms with Gasteiger partial charge < -0.3 is 10.4 Å². The fourth-order valence-corrected chi connectivity index (χ4v) is 9.72. The van der Waals surface area contributed by atoms with E-state index in [1.54, 1.807) is 18.2 Å². The Morgan fingerprint density at radius 1 is 0.857 bits per heavy atom. The molecule has 1 fully saturated rings. The van der Waals surface area contributed by atoms with Crippen LogP contribution in [-0.4, -0.2) is 48.3 Å². The van der Waals surface area contributed by atoms with Gasteiger partial charge in [-0.15, -0.1) is 11.3 Å². The third-order valence-electron chi connectivity index (χ3n) is 8.51. The first-order chi connectivity index (χ1) is 22.4. The zero-order valence-electron chi connectivity index (χ0n) is 27.7. The number of aliphatic carboxylic acids is 1. The highest BCUT2D eigenvalue weighted by atomic mass is 32.2. The van der Waals surface area contributed by atoms with E-state index in [1.165, 1.54) is 25.2 Å². The molecule has 1 heterocycles. The van der Waals surface area contributed by atoms with Crippen molar-refractivity contribution >= 4 is 58.8 Å². The fourth-order valence-electron chi connectivity index (χ4n) is 5.29. The highest BCUT2D eigenvalue weighted by molar-refractivity contribution is 7.94. The minimum atomic E-state index is -4.57. The Bertz CT molecular complexity index is 2110. The van der Waals surface area contributed by atoms with E-state index >= 15 is 0 Å². The summed E-state index contributed by atoms with van der Waals surface area (Å²) < 4.78 is 84.8. The molecule has 9 nitrogen and oxygen atoms in total. The summed E-state index contributed by atoms with van der Waals surface area (Å²) in [6.07, 6.45) is -4.15. The zero-order chi connectivity index (χ0) is 36.8. The molecule has 0 radical (unpaired) electrons. The number of anilines is 1. The molecule has 49 heavy (non-hydrogen) atoms. The lowest BCUT2D eigenvalue weighted by molar-refractivity contribution is -0.142. The van der Waals surface area contributed by atoms with Crippen molar-refractivity contribution in [3.8, 4) is 0 Å². The number of hydrogen-bond acceptors (Lipinski definition) is 8. The van der Waals surface area contributed by atoms with E-state index in [4.69, 9.17) is 5.11 Å². The number of fused-ring (bicyclic) bond motifs is 1. The van der Waals surface area contributed by atoms with Crippen molar-refractivity contribution in [3.05, 3.63) is 82.9 Å². The van der Waals surface area contributed by atoms with E-state index in [0.29, 0.717) is 23.7 Å². The smallest absolute Gasteiger partial charge is 0.416 e. The van der Waals surface area contributed by atoms with Crippen molar-refractivity contribution in [3.63, 3.8) is 0 Å². The second kappa shape index (κ2) is 13.1. The summed E-state index contributed by atoms with van der Waals surface area (Å²) in [7, 11) is -8.11. The second-order valence-corrected chi connectivity index (χ2v) is 19.1. The number of benzene rings is 3. The molecule has 264 valence electrons. The topological polar surface area (TPSA) is 148 Å². The SMILES string of the molecule is Cc1nc(NC(=O)C(C)(C)S(=O)(=O)c2ccc3ccccc3c2)sc1C(C)(C)C.O=C(O)C1(S(=O)(=O)c2ccc(C(F)(F)F)cc2)CCC1. The van der Waals surface area contributed by atoms with Gasteiger partial charge in [-0.1, -0.05) is 51.1 Å². The molecule has 0 saturated heterocycles. The molecular weight excluding hydrogens is 702 g/mol. The van der Waals surface area contributed by atoms with Crippen molar-refractivity contribution in [2.75, 3.05) is 5.32 Å². The molecule has 1 amide bonds. The Balaban J connectivity index is 0.000000237. The molecule has 1 aliphatic rings. The maximum absolute atomic E-state index is 13.3. The van der Waals surface area contributed by atoms with E-state index in [0.717, 1.165) is 33.5 Å². The van der Waals surface area contributed by atoms with E-state index in [9.17, 15) is 39.6 Å². The Morgan fingerprint density at radius 2 is 1.41 bits per heavy atom. The largest absolute Gasteiger partial charge is 0.480 e. The van der Waals surface area contributed by atoms with Gasteiger partial charge in [0.05, 0.1) is 21.0 Å². The molecule has 0 bridgehead atoms. The van der Waals surface area contributed by atoms with Crippen molar-refractivity contribution in [2.45, 2.75) is 91.7 Å². The van der Waals surface area contributed by atoms with Crippen LogP contribution in [0, 0.1) is 6.92 Å². The summed E-state index contributed by atoms with van der Waals surface area (Å²) in [5, 5.41) is 14.0. The number of carbonyl (C=O) groups is 2. The average molecular weight is 739 g/mol. The molecule has 0 spiro atoms. The number of alkyl halides is 3. The molecule has 4 aromatic rings. The second-order valence-electron chi connectivity index (χ2n) is 13.3. The first kappa shape index (κ1) is 38.0. The van der Waals surface area contributed by atoms with E-state index in [2.05, 4.69) is 31.1 Å². The first-order valence-electron chi connectivity index (χ1n) is 15.1. The van der Waals surface area contributed by atoms with Crippen LogP contribution in [0.15, 0.2) is 76.5 Å². The van der Waals surface area contributed by atoms with Crippen molar-refractivity contribution in [2.24, 2.45) is 0 Å². The number of aromatic nitrogens is 1. The predicted molar refractivity (Wildman–Crippen MR) is 182 cm³/mol. The number of aryl methyl sites for hydroxylation is 1. The summed E-state index contributed by atoms with van der Waals surface area (Å²) in [5.74, 6) is -2.05. The molecule has 3 aromatic carbocycles. The summed E-state index contributed by atoms with van der Waals surface area (Å²) in [6, 6.07) is 15.3. The average Bonchev–Trinajstić information content (AvgIpc) is 3.36. The third kappa shape index (κ3) is 7.24. The van der Waals surface area contributed by atoms with Crippen LogP contribution in [-0.2, 0) is 40.9 Å². The van der Waals surface area contributed by atoms with E-state index in [1.807, 2.05) is 31.2 Å². The van der Waals surface area contributed by atoms with Gasteiger partial charge in [0, 0.05) is 4.88 Å². The number of carboxylic acid groups (broad SMARTS) is 1. The summed E-state index contributed by atoms with van der Waals surface area (Å²) in [5.41, 5.74) is -0.236. The quantitative estimate of drug-likeness (QED) is 0.197. The molecule has 1 aliphatic carbocycles. The van der Waals surface area contributed by atoms with Crippen LogP contribution in [0.5, 0.6) is 0 Å². The van der Waals surface area contributed by atoms with Gasteiger partial charge in [0.15, 0.2) is 29.6 Å². The van der Waals surface area contributed by atoms with Gasteiger partial charge in [0.25, 0.3) is 0 Å². The zero-order valence-corrected chi connectivity index (χ0v) is 30.1. The number of rotatable bonds is 7. The Hall–Kier alpha value is -3.82. The third-order valence-corrected chi connectivity index (χ3v) is 14.9. The number of sulfone groups is 2. The lowest BCUT2D eigenvalue weighted by atomic mass is 9.84. The summed E-state index contributed by atoms with van der Waals surface area (Å²) in [4.78, 5) is 29.4. The molecule has 2 N–H and O–H groups in total. The highest BCUT2D eigenvalue weighted by Gasteiger charge is 2.56. The molecule has 0 unspecified atom stereocenters. The normalized spacial score (nSPS) is 15.1. The fraction of sp³-hybridized carbons (Fsp3) is 0.382. The van der Waals surface area contributed by atoms with Crippen LogP contribution >= 0.6 is 11.3 Å². The van der Waals surface area contributed by atoms with E-state index in [-0.39, 0.29) is 23.2 Å². The van der Waals surface area contributed by atoms with Crippen LogP contribution < -0.4 is 5.32 Å². The molecule has 1 saturated carbocycles. The number of carbonyl (C=O) groups excluding carboxylic acids is 1. The molecule has 15 heteroatoms. The minimum absolute atomic E-state index is 0.0221. The van der Waals surface area contributed by atoms with Crippen LogP contribution in [0.3, 0.4) is 0 Å². The van der Waals surface area contributed by atoms with Gasteiger partial charge in [-0.3, -0.25) is 9.59 Å². The molecule has 1 aromatic heterocycles. The van der Waals surface area contributed by atoms with Crippen molar-refractivity contribution in [1.82, 2.24) is 4.98 Å². The maximum Gasteiger partial charge on any atom is 0.416 e. The first-order valence-corrected chi connectivity index (χ1v) is 18.9. The number of carboxylic acids is 1. The monoisotopic (exact) mass is 738 g/mol. The van der Waals surface area contributed by atoms with Crippen LogP contribution in [0.2, 0.25) is 0 Å². The number of thiazole rings is 1. The molecule has 0 atom stereocenters. The maximum atomic E-state index is 13.3. The lowest BCUT2D eigenvalue weighted by Crippen LogP contribution is -2.51. The highest BCUT2D eigenvalue weighted by Crippen LogP contribution is 2.43. The Labute approximate surface area is 287 Å². The van der Waals surface area contributed by atoms with E-state index < -0.39 is 57.7 Å².